The molecule has 1 atom stereocenters. The third kappa shape index (κ3) is 2.70. The SMILES string of the molecule is CCCCNC(=O)CN1C(=O)N[C@]2(CCOc3ccccc32)C1=O. The van der Waals surface area contributed by atoms with Crippen molar-refractivity contribution in [3.8, 4) is 5.75 Å². The van der Waals surface area contributed by atoms with Crippen LogP contribution in [0.2, 0.25) is 0 Å². The van der Waals surface area contributed by atoms with Crippen molar-refractivity contribution in [3.05, 3.63) is 29.8 Å². The second-order valence-electron chi connectivity index (χ2n) is 6.02. The number of urea groups is 1. The van der Waals surface area contributed by atoms with Gasteiger partial charge in [-0.1, -0.05) is 31.5 Å². The molecule has 2 aliphatic rings. The Labute approximate surface area is 140 Å². The number of ether oxygens (including phenoxy) is 1. The van der Waals surface area contributed by atoms with Crippen LogP contribution in [0.1, 0.15) is 31.7 Å². The number of carbonyl (C=O) groups excluding carboxylic acids is 3. The lowest BCUT2D eigenvalue weighted by atomic mass is 9.84. The predicted octanol–water partition coefficient (Wildman–Crippen LogP) is 1.13. The summed E-state index contributed by atoms with van der Waals surface area (Å²) in [6.45, 7) is 2.63. The molecule has 7 nitrogen and oxygen atoms in total. The van der Waals surface area contributed by atoms with Gasteiger partial charge in [-0.25, -0.2) is 4.79 Å². The summed E-state index contributed by atoms with van der Waals surface area (Å²) in [6, 6.07) is 6.63. The van der Waals surface area contributed by atoms with Crippen molar-refractivity contribution in [1.29, 1.82) is 0 Å². The third-order valence-corrected chi connectivity index (χ3v) is 4.41. The van der Waals surface area contributed by atoms with E-state index in [4.69, 9.17) is 4.74 Å². The minimum Gasteiger partial charge on any atom is -0.493 e. The first-order chi connectivity index (χ1) is 11.6. The molecule has 128 valence electrons. The average Bonchev–Trinajstić information content (AvgIpc) is 2.81. The molecule has 1 aromatic carbocycles. The number of nitrogens with zero attached hydrogens (tertiary/aromatic N) is 1. The minimum absolute atomic E-state index is 0.265. The summed E-state index contributed by atoms with van der Waals surface area (Å²) >= 11 is 0. The molecule has 0 bridgehead atoms. The molecule has 4 amide bonds. The van der Waals surface area contributed by atoms with Gasteiger partial charge in [0.25, 0.3) is 5.91 Å². The lowest BCUT2D eigenvalue weighted by Gasteiger charge is -2.33. The van der Waals surface area contributed by atoms with Crippen molar-refractivity contribution in [2.45, 2.75) is 31.7 Å². The number of carbonyl (C=O) groups is 3. The second-order valence-corrected chi connectivity index (χ2v) is 6.02. The van der Waals surface area contributed by atoms with E-state index in [2.05, 4.69) is 10.6 Å². The van der Waals surface area contributed by atoms with Gasteiger partial charge in [0.15, 0.2) is 5.54 Å². The Morgan fingerprint density at radius 1 is 1.38 bits per heavy atom. The Balaban J connectivity index is 1.79. The van der Waals surface area contributed by atoms with E-state index in [9.17, 15) is 14.4 Å². The fraction of sp³-hybridized carbons (Fsp3) is 0.471. The van der Waals surface area contributed by atoms with Gasteiger partial charge in [0, 0.05) is 18.5 Å². The van der Waals surface area contributed by atoms with Gasteiger partial charge in [-0.15, -0.1) is 0 Å². The fourth-order valence-electron chi connectivity index (χ4n) is 3.12. The zero-order valence-electron chi connectivity index (χ0n) is 13.6. The number of fused-ring (bicyclic) bond motifs is 2. The second kappa shape index (κ2) is 6.51. The summed E-state index contributed by atoms with van der Waals surface area (Å²) in [5, 5.41) is 5.50. The summed E-state index contributed by atoms with van der Waals surface area (Å²) in [6.07, 6.45) is 2.17. The van der Waals surface area contributed by atoms with E-state index < -0.39 is 17.5 Å². The van der Waals surface area contributed by atoms with Crippen LogP contribution in [0, 0.1) is 0 Å². The number of imide groups is 1. The van der Waals surface area contributed by atoms with E-state index in [0.29, 0.717) is 30.9 Å². The molecule has 2 N–H and O–H groups in total. The highest BCUT2D eigenvalue weighted by molar-refractivity contribution is 6.09. The zero-order chi connectivity index (χ0) is 17.2. The smallest absolute Gasteiger partial charge is 0.325 e. The van der Waals surface area contributed by atoms with Gasteiger partial charge in [-0.3, -0.25) is 14.5 Å². The molecule has 24 heavy (non-hydrogen) atoms. The maximum Gasteiger partial charge on any atom is 0.325 e. The molecule has 0 unspecified atom stereocenters. The van der Waals surface area contributed by atoms with E-state index in [1.807, 2.05) is 13.0 Å². The molecule has 2 aliphatic heterocycles. The van der Waals surface area contributed by atoms with Gasteiger partial charge < -0.3 is 15.4 Å². The summed E-state index contributed by atoms with van der Waals surface area (Å²) in [5.41, 5.74) is -0.487. The maximum absolute atomic E-state index is 12.9. The van der Waals surface area contributed by atoms with Crippen molar-refractivity contribution in [1.82, 2.24) is 15.5 Å². The van der Waals surface area contributed by atoms with Crippen molar-refractivity contribution in [2.24, 2.45) is 0 Å². The summed E-state index contributed by atoms with van der Waals surface area (Å²) in [5.74, 6) is -0.134. The van der Waals surface area contributed by atoms with Crippen molar-refractivity contribution < 1.29 is 19.1 Å². The van der Waals surface area contributed by atoms with Crippen LogP contribution in [0.15, 0.2) is 24.3 Å². The van der Waals surface area contributed by atoms with Gasteiger partial charge in [-0.2, -0.15) is 0 Å². The zero-order valence-corrected chi connectivity index (χ0v) is 13.6. The first-order valence-electron chi connectivity index (χ1n) is 8.21. The number of rotatable bonds is 5. The normalized spacial score (nSPS) is 22.1. The number of hydrogen-bond donors (Lipinski definition) is 2. The van der Waals surface area contributed by atoms with Crippen LogP contribution < -0.4 is 15.4 Å². The fourth-order valence-corrected chi connectivity index (χ4v) is 3.12. The number of amides is 4. The minimum atomic E-state index is -1.13. The van der Waals surface area contributed by atoms with Crippen LogP contribution in [0.25, 0.3) is 0 Å². The predicted molar refractivity (Wildman–Crippen MR) is 86.4 cm³/mol. The monoisotopic (exact) mass is 331 g/mol. The molecule has 1 aromatic rings. The Kier molecular flexibility index (Phi) is 4.42. The molecule has 7 heteroatoms. The van der Waals surface area contributed by atoms with Crippen molar-refractivity contribution in [2.75, 3.05) is 19.7 Å². The molecule has 2 heterocycles. The number of unbranched alkanes of at least 4 members (excludes halogenated alkanes) is 1. The van der Waals surface area contributed by atoms with Crippen LogP contribution in [-0.4, -0.2) is 42.4 Å². The van der Waals surface area contributed by atoms with Gasteiger partial charge in [0.2, 0.25) is 5.91 Å². The van der Waals surface area contributed by atoms with E-state index in [0.717, 1.165) is 17.7 Å². The molecule has 1 saturated heterocycles. The Bertz CT molecular complexity index is 676. The summed E-state index contributed by atoms with van der Waals surface area (Å²) in [7, 11) is 0. The van der Waals surface area contributed by atoms with Crippen LogP contribution in [0.3, 0.4) is 0 Å². The molecule has 0 aliphatic carbocycles. The Hall–Kier alpha value is -2.57. The van der Waals surface area contributed by atoms with Crippen LogP contribution >= 0.6 is 0 Å². The molecule has 1 spiro atoms. The van der Waals surface area contributed by atoms with Crippen molar-refractivity contribution >= 4 is 17.8 Å². The van der Waals surface area contributed by atoms with E-state index in [1.54, 1.807) is 18.2 Å². The first kappa shape index (κ1) is 16.3. The summed E-state index contributed by atoms with van der Waals surface area (Å²) < 4.78 is 5.57. The van der Waals surface area contributed by atoms with Crippen LogP contribution in [0.4, 0.5) is 4.79 Å². The van der Waals surface area contributed by atoms with Gasteiger partial charge in [0.05, 0.1) is 6.61 Å². The average molecular weight is 331 g/mol. The lowest BCUT2D eigenvalue weighted by Crippen LogP contribution is -2.48. The molecule has 0 radical (unpaired) electrons. The Morgan fingerprint density at radius 3 is 2.96 bits per heavy atom. The van der Waals surface area contributed by atoms with Crippen LogP contribution in [0.5, 0.6) is 5.75 Å². The topological polar surface area (TPSA) is 87.7 Å². The highest BCUT2D eigenvalue weighted by atomic mass is 16.5. The molecule has 0 aromatic heterocycles. The number of nitrogens with one attached hydrogen (secondary N) is 2. The van der Waals surface area contributed by atoms with Crippen molar-refractivity contribution in [3.63, 3.8) is 0 Å². The molecule has 1 fully saturated rings. The van der Waals surface area contributed by atoms with Gasteiger partial charge in [0.1, 0.15) is 12.3 Å². The summed E-state index contributed by atoms with van der Waals surface area (Å²) in [4.78, 5) is 38.2. The molecule has 3 rings (SSSR count). The molecular weight excluding hydrogens is 310 g/mol. The molecule has 0 saturated carbocycles. The first-order valence-corrected chi connectivity index (χ1v) is 8.21. The maximum atomic E-state index is 12.9. The highest BCUT2D eigenvalue weighted by Gasteiger charge is 2.55. The number of para-hydroxylation sites is 1. The highest BCUT2D eigenvalue weighted by Crippen LogP contribution is 2.40. The van der Waals surface area contributed by atoms with Crippen LogP contribution in [-0.2, 0) is 15.1 Å². The largest absolute Gasteiger partial charge is 0.493 e. The van der Waals surface area contributed by atoms with E-state index in [-0.39, 0.29) is 12.5 Å². The lowest BCUT2D eigenvalue weighted by molar-refractivity contribution is -0.136. The quantitative estimate of drug-likeness (QED) is 0.625. The third-order valence-electron chi connectivity index (χ3n) is 4.41. The number of hydrogen-bond acceptors (Lipinski definition) is 4. The molecular formula is C17H21N3O4. The standard InChI is InChI=1S/C17H21N3O4/c1-2-3-9-18-14(21)11-20-15(22)17(19-16(20)23)8-10-24-13-7-5-4-6-12(13)17/h4-7H,2-3,8-11H2,1H3,(H,18,21)(H,19,23)/t17-/m0/s1. The van der Waals surface area contributed by atoms with Gasteiger partial charge in [-0.05, 0) is 12.5 Å². The number of benzene rings is 1. The van der Waals surface area contributed by atoms with E-state index >= 15 is 0 Å². The van der Waals surface area contributed by atoms with Gasteiger partial charge >= 0.3 is 6.03 Å². The van der Waals surface area contributed by atoms with E-state index in [1.165, 1.54) is 0 Å². The Morgan fingerprint density at radius 2 is 2.17 bits per heavy atom.